The van der Waals surface area contributed by atoms with Gasteiger partial charge in [0.2, 0.25) is 0 Å². The monoisotopic (exact) mass is 467 g/mol. The summed E-state index contributed by atoms with van der Waals surface area (Å²) in [6.45, 7) is 8.49. The van der Waals surface area contributed by atoms with Crippen LogP contribution in [0.3, 0.4) is 0 Å². The maximum atomic E-state index is 12.2. The summed E-state index contributed by atoms with van der Waals surface area (Å²) in [4.78, 5) is 25.7. The molecule has 33 heavy (non-hydrogen) atoms. The Hall–Kier alpha value is -1.88. The number of carbonyl (C=O) groups excluding carboxylic acids is 2. The summed E-state index contributed by atoms with van der Waals surface area (Å²) in [5.74, 6) is -0.534. The molecule has 1 heterocycles. The molecule has 0 aliphatic carbocycles. The molecule has 0 unspecified atom stereocenters. The Balaban J connectivity index is 1.30. The van der Waals surface area contributed by atoms with Crippen LogP contribution in [-0.2, 0) is 28.4 Å². The van der Waals surface area contributed by atoms with Crippen molar-refractivity contribution in [2.24, 2.45) is 0 Å². The topological polar surface area (TPSA) is 92.8 Å². The largest absolute Gasteiger partial charge is 0.379 e. The number of amides is 2. The summed E-state index contributed by atoms with van der Waals surface area (Å²) < 4.78 is 32.6. The zero-order valence-corrected chi connectivity index (χ0v) is 19.6. The Labute approximate surface area is 196 Å². The van der Waals surface area contributed by atoms with Crippen molar-refractivity contribution < 1.29 is 38.0 Å². The van der Waals surface area contributed by atoms with Crippen molar-refractivity contribution in [3.8, 4) is 0 Å². The second kappa shape index (κ2) is 17.6. The highest BCUT2D eigenvalue weighted by molar-refractivity contribution is 6.21. The molecule has 1 aromatic carbocycles. The first-order chi connectivity index (χ1) is 16.3. The van der Waals surface area contributed by atoms with Crippen LogP contribution in [0.4, 0.5) is 0 Å². The molecule has 186 valence electrons. The number of carbonyl (C=O) groups is 2. The van der Waals surface area contributed by atoms with E-state index in [0.717, 1.165) is 19.4 Å². The van der Waals surface area contributed by atoms with E-state index in [1.54, 1.807) is 24.3 Å². The van der Waals surface area contributed by atoms with Gasteiger partial charge in [0.25, 0.3) is 11.8 Å². The van der Waals surface area contributed by atoms with E-state index >= 15 is 0 Å². The lowest BCUT2D eigenvalue weighted by molar-refractivity contribution is -0.0172. The molecule has 0 N–H and O–H groups in total. The molecule has 1 aliphatic heterocycles. The number of hydrogen-bond acceptors (Lipinski definition) is 8. The number of benzene rings is 1. The fraction of sp³-hybridized carbons (Fsp3) is 0.667. The van der Waals surface area contributed by atoms with Crippen molar-refractivity contribution in [2.75, 3.05) is 85.8 Å². The van der Waals surface area contributed by atoms with E-state index in [-0.39, 0.29) is 25.0 Å². The van der Waals surface area contributed by atoms with Crippen molar-refractivity contribution >= 4 is 11.8 Å². The van der Waals surface area contributed by atoms with E-state index in [1.165, 1.54) is 4.90 Å². The molecule has 0 aromatic heterocycles. The number of fused-ring (bicyclic) bond motifs is 1. The first-order valence-electron chi connectivity index (χ1n) is 11.7. The zero-order valence-electron chi connectivity index (χ0n) is 19.6. The maximum absolute atomic E-state index is 12.2. The van der Waals surface area contributed by atoms with Gasteiger partial charge in [-0.1, -0.05) is 25.5 Å². The third kappa shape index (κ3) is 10.7. The molecule has 2 rings (SSSR count). The normalized spacial score (nSPS) is 13.2. The first-order valence-corrected chi connectivity index (χ1v) is 11.7. The van der Waals surface area contributed by atoms with Crippen LogP contribution in [-0.4, -0.2) is 103 Å². The van der Waals surface area contributed by atoms with E-state index in [9.17, 15) is 9.59 Å². The summed E-state index contributed by atoms with van der Waals surface area (Å²) in [7, 11) is 0. The van der Waals surface area contributed by atoms with Gasteiger partial charge in [-0.2, -0.15) is 0 Å². The van der Waals surface area contributed by atoms with Crippen LogP contribution >= 0.6 is 0 Å². The zero-order chi connectivity index (χ0) is 23.6. The second-order valence-electron chi connectivity index (χ2n) is 7.34. The average Bonchev–Trinajstić information content (AvgIpc) is 3.07. The number of rotatable bonds is 21. The van der Waals surface area contributed by atoms with E-state index in [2.05, 4.69) is 6.92 Å². The van der Waals surface area contributed by atoms with Crippen LogP contribution in [0.25, 0.3) is 0 Å². The van der Waals surface area contributed by atoms with E-state index in [4.69, 9.17) is 28.4 Å². The third-order valence-electron chi connectivity index (χ3n) is 4.84. The predicted molar refractivity (Wildman–Crippen MR) is 122 cm³/mol. The van der Waals surface area contributed by atoms with Gasteiger partial charge in [0.15, 0.2) is 0 Å². The van der Waals surface area contributed by atoms with Gasteiger partial charge in [0, 0.05) is 6.61 Å². The van der Waals surface area contributed by atoms with Gasteiger partial charge < -0.3 is 28.4 Å². The van der Waals surface area contributed by atoms with Gasteiger partial charge in [0.05, 0.1) is 90.3 Å². The lowest BCUT2D eigenvalue weighted by Crippen LogP contribution is -2.33. The minimum absolute atomic E-state index is 0.229. The minimum Gasteiger partial charge on any atom is -0.379 e. The molecule has 2 amide bonds. The SMILES string of the molecule is CCCCOCCOCCOCCOCCOCCOCCN1C(=O)c2ccccc2C1=O. The predicted octanol–water partition coefficient (Wildman–Crippen LogP) is 2.18. The molecule has 0 saturated carbocycles. The maximum Gasteiger partial charge on any atom is 0.261 e. The van der Waals surface area contributed by atoms with Gasteiger partial charge in [-0.15, -0.1) is 0 Å². The highest BCUT2D eigenvalue weighted by atomic mass is 16.6. The second-order valence-corrected chi connectivity index (χ2v) is 7.34. The summed E-state index contributed by atoms with van der Waals surface area (Å²) in [6.07, 6.45) is 2.23. The fourth-order valence-corrected chi connectivity index (χ4v) is 3.05. The average molecular weight is 468 g/mol. The third-order valence-corrected chi connectivity index (χ3v) is 4.84. The molecule has 0 spiro atoms. The molecule has 0 radical (unpaired) electrons. The first kappa shape index (κ1) is 27.4. The Morgan fingerprint density at radius 2 is 0.939 bits per heavy atom. The Morgan fingerprint density at radius 3 is 1.33 bits per heavy atom. The Morgan fingerprint density at radius 1 is 0.576 bits per heavy atom. The lowest BCUT2D eigenvalue weighted by Gasteiger charge is -2.13. The van der Waals surface area contributed by atoms with Crippen molar-refractivity contribution in [3.63, 3.8) is 0 Å². The molecular weight excluding hydrogens is 430 g/mol. The highest BCUT2D eigenvalue weighted by Crippen LogP contribution is 2.21. The molecular formula is C24H37NO8. The van der Waals surface area contributed by atoms with Crippen LogP contribution < -0.4 is 0 Å². The highest BCUT2D eigenvalue weighted by Gasteiger charge is 2.34. The molecule has 0 saturated heterocycles. The van der Waals surface area contributed by atoms with Crippen molar-refractivity contribution in [1.29, 1.82) is 0 Å². The van der Waals surface area contributed by atoms with Crippen LogP contribution in [0.2, 0.25) is 0 Å². The number of hydrogen-bond donors (Lipinski definition) is 0. The van der Waals surface area contributed by atoms with Gasteiger partial charge in [0.1, 0.15) is 0 Å². The van der Waals surface area contributed by atoms with Gasteiger partial charge in [-0.05, 0) is 18.6 Å². The molecule has 0 fully saturated rings. The quantitative estimate of drug-likeness (QED) is 0.201. The Kier molecular flexibility index (Phi) is 14.6. The molecule has 1 aromatic rings. The number of unbranched alkanes of at least 4 members (excludes halogenated alkanes) is 1. The molecule has 0 bridgehead atoms. The number of ether oxygens (including phenoxy) is 6. The molecule has 0 atom stereocenters. The molecule has 9 heteroatoms. The summed E-state index contributed by atoms with van der Waals surface area (Å²) in [5, 5.41) is 0. The summed E-state index contributed by atoms with van der Waals surface area (Å²) in [6, 6.07) is 6.84. The van der Waals surface area contributed by atoms with E-state index < -0.39 is 0 Å². The number of imide groups is 1. The van der Waals surface area contributed by atoms with Crippen LogP contribution in [0.1, 0.15) is 40.5 Å². The number of nitrogens with zero attached hydrogens (tertiary/aromatic N) is 1. The Bertz CT molecular complexity index is 649. The van der Waals surface area contributed by atoms with Crippen molar-refractivity contribution in [3.05, 3.63) is 35.4 Å². The van der Waals surface area contributed by atoms with Gasteiger partial charge >= 0.3 is 0 Å². The minimum atomic E-state index is -0.267. The van der Waals surface area contributed by atoms with Gasteiger partial charge in [-0.25, -0.2) is 0 Å². The van der Waals surface area contributed by atoms with E-state index in [0.29, 0.717) is 77.2 Å². The van der Waals surface area contributed by atoms with Gasteiger partial charge in [-0.3, -0.25) is 14.5 Å². The van der Waals surface area contributed by atoms with Crippen LogP contribution in [0.5, 0.6) is 0 Å². The van der Waals surface area contributed by atoms with Crippen molar-refractivity contribution in [2.45, 2.75) is 19.8 Å². The summed E-state index contributed by atoms with van der Waals surface area (Å²) >= 11 is 0. The smallest absolute Gasteiger partial charge is 0.261 e. The van der Waals surface area contributed by atoms with E-state index in [1.807, 2.05) is 0 Å². The molecule has 9 nitrogen and oxygen atoms in total. The van der Waals surface area contributed by atoms with Crippen LogP contribution in [0, 0.1) is 0 Å². The van der Waals surface area contributed by atoms with Crippen LogP contribution in [0.15, 0.2) is 24.3 Å². The standard InChI is InChI=1S/C24H37NO8/c1-2-3-9-28-11-13-30-15-17-32-19-20-33-18-16-31-14-12-29-10-8-25-23(26)21-6-4-5-7-22(21)24(25)27/h4-7H,2-3,8-20H2,1H3. The lowest BCUT2D eigenvalue weighted by atomic mass is 10.1. The summed E-state index contributed by atoms with van der Waals surface area (Å²) in [5.41, 5.74) is 0.903. The molecule has 1 aliphatic rings. The fourth-order valence-electron chi connectivity index (χ4n) is 3.05. The van der Waals surface area contributed by atoms with Crippen molar-refractivity contribution in [1.82, 2.24) is 4.90 Å².